The van der Waals surface area contributed by atoms with Crippen molar-refractivity contribution in [2.24, 2.45) is 0 Å². The molecule has 0 aromatic heterocycles. The van der Waals surface area contributed by atoms with Crippen LogP contribution in [0.25, 0.3) is 0 Å². The molecule has 0 atom stereocenters. The Balaban J connectivity index is 1.69. The van der Waals surface area contributed by atoms with Crippen molar-refractivity contribution in [1.29, 1.82) is 0 Å². The Morgan fingerprint density at radius 1 is 0.968 bits per heavy atom. The highest BCUT2D eigenvalue weighted by Crippen LogP contribution is 2.37. The molecule has 0 unspecified atom stereocenters. The van der Waals surface area contributed by atoms with Crippen LogP contribution < -0.4 is 0 Å². The lowest BCUT2D eigenvalue weighted by atomic mass is 9.72. The first-order valence-corrected chi connectivity index (χ1v) is 10.8. The highest BCUT2D eigenvalue weighted by molar-refractivity contribution is 5.87. The number of ether oxygens (including phenoxy) is 1. The Kier molecular flexibility index (Phi) is 7.45. The molecule has 1 saturated heterocycles. The zero-order valence-corrected chi connectivity index (χ0v) is 18.3. The zero-order chi connectivity index (χ0) is 22.3. The molecule has 1 aliphatic rings. The number of likely N-dealkylation sites (N-methyl/N-ethyl adjacent to an activating group) is 1. The number of hydrogen-bond donors (Lipinski definition) is 0. The molecule has 2 amide bonds. The normalized spacial score (nSPS) is 15.2. The van der Waals surface area contributed by atoms with Crippen molar-refractivity contribution in [3.05, 3.63) is 71.8 Å². The molecule has 31 heavy (non-hydrogen) atoms. The summed E-state index contributed by atoms with van der Waals surface area (Å²) in [7, 11) is 0. The second-order valence-electron chi connectivity index (χ2n) is 7.92. The number of rotatable bonds is 7. The van der Waals surface area contributed by atoms with E-state index in [0.29, 0.717) is 39.0 Å². The van der Waals surface area contributed by atoms with Gasteiger partial charge in [-0.3, -0.25) is 14.4 Å². The Bertz CT molecular complexity index is 890. The maximum Gasteiger partial charge on any atom is 0.317 e. The number of esters is 1. The minimum Gasteiger partial charge on any atom is -0.455 e. The van der Waals surface area contributed by atoms with Gasteiger partial charge in [0.25, 0.3) is 5.91 Å². The fourth-order valence-corrected chi connectivity index (χ4v) is 4.11. The van der Waals surface area contributed by atoms with E-state index in [-0.39, 0.29) is 18.4 Å². The molecule has 0 spiro atoms. The summed E-state index contributed by atoms with van der Waals surface area (Å²) in [5, 5.41) is 0. The fourth-order valence-electron chi connectivity index (χ4n) is 4.11. The van der Waals surface area contributed by atoms with Gasteiger partial charge in [0.1, 0.15) is 0 Å². The van der Waals surface area contributed by atoms with Gasteiger partial charge in [-0.1, -0.05) is 60.7 Å². The molecule has 0 N–H and O–H groups in total. The van der Waals surface area contributed by atoms with Crippen LogP contribution in [0.1, 0.15) is 37.8 Å². The van der Waals surface area contributed by atoms with Crippen LogP contribution in [0.5, 0.6) is 0 Å². The Morgan fingerprint density at radius 2 is 1.55 bits per heavy atom. The Hall–Kier alpha value is -3.15. The zero-order valence-electron chi connectivity index (χ0n) is 18.3. The number of benzene rings is 2. The van der Waals surface area contributed by atoms with Crippen molar-refractivity contribution in [3.8, 4) is 0 Å². The average molecular weight is 423 g/mol. The summed E-state index contributed by atoms with van der Waals surface area (Å²) in [5.41, 5.74) is 1.05. The summed E-state index contributed by atoms with van der Waals surface area (Å²) in [6, 6.07) is 19.3. The second kappa shape index (κ2) is 10.2. The quantitative estimate of drug-likeness (QED) is 0.643. The van der Waals surface area contributed by atoms with Gasteiger partial charge < -0.3 is 14.5 Å². The summed E-state index contributed by atoms with van der Waals surface area (Å²) in [6.45, 7) is 5.15. The predicted octanol–water partition coefficient (Wildman–Crippen LogP) is 3.16. The lowest BCUT2D eigenvalue weighted by Gasteiger charge is -2.40. The van der Waals surface area contributed by atoms with Gasteiger partial charge in [-0.2, -0.15) is 0 Å². The first-order valence-electron chi connectivity index (χ1n) is 10.8. The fraction of sp³-hybridized carbons (Fsp3) is 0.400. The summed E-state index contributed by atoms with van der Waals surface area (Å²) < 4.78 is 5.58. The van der Waals surface area contributed by atoms with Crippen molar-refractivity contribution in [3.63, 3.8) is 0 Å². The van der Waals surface area contributed by atoms with Gasteiger partial charge in [-0.15, -0.1) is 0 Å². The first-order chi connectivity index (χ1) is 15.0. The minimum atomic E-state index is -0.843. The summed E-state index contributed by atoms with van der Waals surface area (Å²) >= 11 is 0. The molecule has 1 heterocycles. The summed E-state index contributed by atoms with van der Waals surface area (Å²) in [5.74, 6) is -0.611. The number of likely N-dealkylation sites (tertiary alicyclic amines) is 1. The topological polar surface area (TPSA) is 66.9 Å². The maximum atomic E-state index is 13.3. The number of nitrogens with zero attached hydrogens (tertiary/aromatic N) is 2. The van der Waals surface area contributed by atoms with Crippen molar-refractivity contribution in [2.75, 3.05) is 26.2 Å². The van der Waals surface area contributed by atoms with E-state index in [1.54, 1.807) is 16.7 Å². The molecule has 0 saturated carbocycles. The van der Waals surface area contributed by atoms with Gasteiger partial charge >= 0.3 is 5.97 Å². The van der Waals surface area contributed by atoms with Crippen LogP contribution in [0.15, 0.2) is 60.7 Å². The molecule has 6 heteroatoms. The largest absolute Gasteiger partial charge is 0.455 e. The van der Waals surface area contributed by atoms with E-state index < -0.39 is 11.4 Å². The van der Waals surface area contributed by atoms with E-state index in [9.17, 15) is 14.4 Å². The van der Waals surface area contributed by atoms with Crippen LogP contribution in [-0.4, -0.2) is 53.8 Å². The van der Waals surface area contributed by atoms with Crippen LogP contribution in [0.3, 0.4) is 0 Å². The van der Waals surface area contributed by atoms with Crippen molar-refractivity contribution in [2.45, 2.75) is 38.6 Å². The molecule has 0 bridgehead atoms. The predicted molar refractivity (Wildman–Crippen MR) is 118 cm³/mol. The number of carbonyl (C=O) groups excluding carboxylic acids is 3. The summed E-state index contributed by atoms with van der Waals surface area (Å²) in [4.78, 5) is 41.2. The molecule has 164 valence electrons. The third-order valence-corrected chi connectivity index (χ3v) is 6.06. The van der Waals surface area contributed by atoms with E-state index in [1.807, 2.05) is 67.6 Å². The van der Waals surface area contributed by atoms with E-state index in [0.717, 1.165) is 11.1 Å². The van der Waals surface area contributed by atoms with Crippen molar-refractivity contribution >= 4 is 17.8 Å². The molecule has 2 aromatic carbocycles. The molecule has 6 nitrogen and oxygen atoms in total. The van der Waals surface area contributed by atoms with E-state index >= 15 is 0 Å². The first kappa shape index (κ1) is 22.5. The number of piperidine rings is 1. The van der Waals surface area contributed by atoms with Gasteiger partial charge in [-0.25, -0.2) is 0 Å². The molecule has 3 rings (SSSR count). The standard InChI is InChI=1S/C25H30N2O4/c1-3-26(18-21-10-6-4-7-11-21)23(29)19-31-24(30)25(22-12-8-5-9-13-22)14-16-27(17-15-25)20(2)28/h4-13H,3,14-19H2,1-2H3. The lowest BCUT2D eigenvalue weighted by Crippen LogP contribution is -2.49. The van der Waals surface area contributed by atoms with E-state index in [1.165, 1.54) is 0 Å². The third-order valence-electron chi connectivity index (χ3n) is 6.06. The van der Waals surface area contributed by atoms with Gasteiger partial charge in [0.05, 0.1) is 5.41 Å². The lowest BCUT2D eigenvalue weighted by molar-refractivity contribution is -0.159. The Labute approximate surface area is 183 Å². The maximum absolute atomic E-state index is 13.3. The molecular weight excluding hydrogens is 392 g/mol. The SMILES string of the molecule is CCN(Cc1ccccc1)C(=O)COC(=O)C1(c2ccccc2)CCN(C(C)=O)CC1. The second-order valence-corrected chi connectivity index (χ2v) is 7.92. The molecule has 0 aliphatic carbocycles. The molecule has 2 aromatic rings. The van der Waals surface area contributed by atoms with Gasteiger partial charge in [0.15, 0.2) is 6.61 Å². The Morgan fingerprint density at radius 3 is 2.10 bits per heavy atom. The third kappa shape index (κ3) is 5.32. The van der Waals surface area contributed by atoms with Crippen LogP contribution in [0, 0.1) is 0 Å². The van der Waals surface area contributed by atoms with Crippen LogP contribution in [0.2, 0.25) is 0 Å². The highest BCUT2D eigenvalue weighted by atomic mass is 16.5. The van der Waals surface area contributed by atoms with E-state index in [2.05, 4.69) is 0 Å². The number of amides is 2. The average Bonchev–Trinajstić information content (AvgIpc) is 2.82. The monoisotopic (exact) mass is 422 g/mol. The minimum absolute atomic E-state index is 0.00436. The van der Waals surface area contributed by atoms with Gasteiger partial charge in [0, 0.05) is 33.1 Å². The molecule has 1 aliphatic heterocycles. The highest BCUT2D eigenvalue weighted by Gasteiger charge is 2.45. The van der Waals surface area contributed by atoms with E-state index in [4.69, 9.17) is 4.74 Å². The molecule has 0 radical (unpaired) electrons. The van der Waals surface area contributed by atoms with Gasteiger partial charge in [-0.05, 0) is 30.9 Å². The van der Waals surface area contributed by atoms with Gasteiger partial charge in [0.2, 0.25) is 5.91 Å². The van der Waals surface area contributed by atoms with Crippen molar-refractivity contribution < 1.29 is 19.1 Å². The van der Waals surface area contributed by atoms with Crippen LogP contribution in [-0.2, 0) is 31.1 Å². The number of hydrogen-bond acceptors (Lipinski definition) is 4. The molecule has 1 fully saturated rings. The van der Waals surface area contributed by atoms with Crippen molar-refractivity contribution in [1.82, 2.24) is 9.80 Å². The smallest absolute Gasteiger partial charge is 0.317 e. The van der Waals surface area contributed by atoms with Crippen LogP contribution >= 0.6 is 0 Å². The molecular formula is C25H30N2O4. The number of carbonyl (C=O) groups is 3. The van der Waals surface area contributed by atoms with Crippen LogP contribution in [0.4, 0.5) is 0 Å². The summed E-state index contributed by atoms with van der Waals surface area (Å²) in [6.07, 6.45) is 0.955.